The molecule has 3 rings (SSSR count). The van der Waals surface area contributed by atoms with Crippen molar-refractivity contribution in [2.24, 2.45) is 0 Å². The molecule has 0 aliphatic carbocycles. The molecule has 0 spiro atoms. The number of hydrogen-bond acceptors (Lipinski definition) is 3. The van der Waals surface area contributed by atoms with E-state index in [1.165, 1.54) is 5.56 Å². The number of anilines is 2. The number of fused-ring (bicyclic) bond motifs is 3. The quantitative estimate of drug-likeness (QED) is 0.789. The second-order valence-corrected chi connectivity index (χ2v) is 5.78. The minimum atomic E-state index is -0.0649. The highest BCUT2D eigenvalue weighted by Gasteiger charge is 2.38. The SMILES string of the molecule is Cc1cc(Br)c2c(c1)N1CCNCC1C(=O)N2C. The van der Waals surface area contributed by atoms with Crippen LogP contribution in [0.1, 0.15) is 5.56 Å². The topological polar surface area (TPSA) is 35.6 Å². The third kappa shape index (κ3) is 1.65. The monoisotopic (exact) mass is 309 g/mol. The molecular formula is C13H16BrN3O. The molecule has 96 valence electrons. The van der Waals surface area contributed by atoms with Gasteiger partial charge in [0.25, 0.3) is 5.91 Å². The average molecular weight is 310 g/mol. The molecule has 1 saturated heterocycles. The van der Waals surface area contributed by atoms with Crippen LogP contribution in [0.5, 0.6) is 0 Å². The largest absolute Gasteiger partial charge is 0.355 e. The summed E-state index contributed by atoms with van der Waals surface area (Å²) in [6.07, 6.45) is 0. The predicted octanol–water partition coefficient (Wildman–Crippen LogP) is 1.51. The maximum absolute atomic E-state index is 12.4. The van der Waals surface area contributed by atoms with Crippen molar-refractivity contribution >= 4 is 33.2 Å². The van der Waals surface area contributed by atoms with Gasteiger partial charge in [-0.15, -0.1) is 0 Å². The van der Waals surface area contributed by atoms with Crippen LogP contribution < -0.4 is 15.1 Å². The molecule has 18 heavy (non-hydrogen) atoms. The van der Waals surface area contributed by atoms with E-state index in [4.69, 9.17) is 0 Å². The summed E-state index contributed by atoms with van der Waals surface area (Å²) >= 11 is 3.58. The zero-order valence-corrected chi connectivity index (χ0v) is 12.1. The highest BCUT2D eigenvalue weighted by atomic mass is 79.9. The maximum Gasteiger partial charge on any atom is 0.250 e. The number of nitrogens with zero attached hydrogens (tertiary/aromatic N) is 2. The van der Waals surface area contributed by atoms with Gasteiger partial charge in [-0.25, -0.2) is 0 Å². The number of benzene rings is 1. The molecule has 1 amide bonds. The maximum atomic E-state index is 12.4. The number of likely N-dealkylation sites (N-methyl/N-ethyl adjacent to an activating group) is 1. The molecule has 4 nitrogen and oxygen atoms in total. The van der Waals surface area contributed by atoms with Crippen molar-refractivity contribution in [1.29, 1.82) is 0 Å². The Hall–Kier alpha value is -1.07. The summed E-state index contributed by atoms with van der Waals surface area (Å²) < 4.78 is 0.991. The minimum absolute atomic E-state index is 0.0649. The molecule has 1 unspecified atom stereocenters. The third-order valence-electron chi connectivity index (χ3n) is 3.69. The number of rotatable bonds is 0. The van der Waals surface area contributed by atoms with E-state index in [2.05, 4.69) is 45.2 Å². The Bertz CT molecular complexity index is 517. The number of halogens is 1. The fraction of sp³-hybridized carbons (Fsp3) is 0.462. The Balaban J connectivity index is 2.18. The Morgan fingerprint density at radius 3 is 3.00 bits per heavy atom. The summed E-state index contributed by atoms with van der Waals surface area (Å²) in [4.78, 5) is 16.4. The highest BCUT2D eigenvalue weighted by Crippen LogP contribution is 2.41. The lowest BCUT2D eigenvalue weighted by atomic mass is 10.0. The molecule has 5 heteroatoms. The lowest BCUT2D eigenvalue weighted by molar-refractivity contribution is -0.120. The number of piperazine rings is 1. The van der Waals surface area contributed by atoms with Crippen LogP contribution in [0.4, 0.5) is 11.4 Å². The lowest BCUT2D eigenvalue weighted by Gasteiger charge is -2.44. The van der Waals surface area contributed by atoms with Gasteiger partial charge in [0.15, 0.2) is 0 Å². The van der Waals surface area contributed by atoms with Gasteiger partial charge in [-0.05, 0) is 40.5 Å². The van der Waals surface area contributed by atoms with Gasteiger partial charge in [-0.3, -0.25) is 4.79 Å². The molecule has 2 aliphatic heterocycles. The molecule has 1 fully saturated rings. The van der Waals surface area contributed by atoms with Crippen molar-refractivity contribution in [2.75, 3.05) is 36.5 Å². The van der Waals surface area contributed by atoms with Crippen molar-refractivity contribution in [2.45, 2.75) is 13.0 Å². The van der Waals surface area contributed by atoms with Crippen molar-refractivity contribution < 1.29 is 4.79 Å². The normalized spacial score (nSPS) is 22.8. The van der Waals surface area contributed by atoms with Gasteiger partial charge in [0.05, 0.1) is 11.4 Å². The van der Waals surface area contributed by atoms with Crippen LogP contribution in [0.3, 0.4) is 0 Å². The van der Waals surface area contributed by atoms with E-state index in [1.54, 1.807) is 4.90 Å². The van der Waals surface area contributed by atoms with Crippen LogP contribution in [0.2, 0.25) is 0 Å². The van der Waals surface area contributed by atoms with Crippen LogP contribution in [0.15, 0.2) is 16.6 Å². The van der Waals surface area contributed by atoms with Crippen molar-refractivity contribution in [3.8, 4) is 0 Å². The van der Waals surface area contributed by atoms with Gasteiger partial charge < -0.3 is 15.1 Å². The summed E-state index contributed by atoms with van der Waals surface area (Å²) in [7, 11) is 1.85. The van der Waals surface area contributed by atoms with E-state index in [1.807, 2.05) is 7.05 Å². The number of amides is 1. The Morgan fingerprint density at radius 1 is 1.44 bits per heavy atom. The van der Waals surface area contributed by atoms with Crippen LogP contribution in [0, 0.1) is 6.92 Å². The fourth-order valence-electron chi connectivity index (χ4n) is 2.81. The molecule has 2 heterocycles. The minimum Gasteiger partial charge on any atom is -0.355 e. The molecule has 0 bridgehead atoms. The number of nitrogens with one attached hydrogen (secondary N) is 1. The second kappa shape index (κ2) is 4.24. The first-order valence-corrected chi connectivity index (χ1v) is 6.94. The van der Waals surface area contributed by atoms with Crippen LogP contribution in [0.25, 0.3) is 0 Å². The summed E-state index contributed by atoms with van der Waals surface area (Å²) in [6.45, 7) is 4.62. The first-order valence-electron chi connectivity index (χ1n) is 6.14. The fourth-order valence-corrected chi connectivity index (χ4v) is 3.64. The first kappa shape index (κ1) is 12.0. The molecule has 0 radical (unpaired) electrons. The standard InChI is InChI=1S/C13H16BrN3O/c1-8-5-9(14)12-10(6-8)17-4-3-15-7-11(17)13(18)16(12)2/h5-6,11,15H,3-4,7H2,1-2H3. The number of carbonyl (C=O) groups is 1. The molecule has 1 N–H and O–H groups in total. The van der Waals surface area contributed by atoms with Gasteiger partial charge in [-0.1, -0.05) is 0 Å². The Labute approximate surface area is 115 Å². The van der Waals surface area contributed by atoms with Gasteiger partial charge in [0.1, 0.15) is 6.04 Å². The second-order valence-electron chi connectivity index (χ2n) is 4.93. The first-order chi connectivity index (χ1) is 8.59. The van der Waals surface area contributed by atoms with Gasteiger partial charge >= 0.3 is 0 Å². The van der Waals surface area contributed by atoms with Crippen molar-refractivity contribution in [1.82, 2.24) is 5.32 Å². The lowest BCUT2D eigenvalue weighted by Crippen LogP contribution is -2.61. The molecule has 1 aromatic carbocycles. The number of aryl methyl sites for hydroxylation is 1. The zero-order valence-electron chi connectivity index (χ0n) is 10.5. The van der Waals surface area contributed by atoms with Crippen LogP contribution >= 0.6 is 15.9 Å². The molecular weight excluding hydrogens is 294 g/mol. The van der Waals surface area contributed by atoms with Crippen LogP contribution in [-0.2, 0) is 4.79 Å². The van der Waals surface area contributed by atoms with E-state index in [-0.39, 0.29) is 11.9 Å². The van der Waals surface area contributed by atoms with Crippen molar-refractivity contribution in [3.63, 3.8) is 0 Å². The number of hydrogen-bond donors (Lipinski definition) is 1. The molecule has 1 atom stereocenters. The summed E-state index contributed by atoms with van der Waals surface area (Å²) in [5.74, 6) is 0.166. The zero-order chi connectivity index (χ0) is 12.9. The van der Waals surface area contributed by atoms with Crippen molar-refractivity contribution in [3.05, 3.63) is 22.2 Å². The van der Waals surface area contributed by atoms with E-state index in [0.717, 1.165) is 35.5 Å². The summed E-state index contributed by atoms with van der Waals surface area (Å²) in [5, 5.41) is 3.29. The Kier molecular flexibility index (Phi) is 2.83. The smallest absolute Gasteiger partial charge is 0.250 e. The van der Waals surface area contributed by atoms with Gasteiger partial charge in [-0.2, -0.15) is 0 Å². The third-order valence-corrected chi connectivity index (χ3v) is 4.30. The van der Waals surface area contributed by atoms with Gasteiger partial charge in [0, 0.05) is 31.2 Å². The Morgan fingerprint density at radius 2 is 2.22 bits per heavy atom. The van der Waals surface area contributed by atoms with E-state index in [0.29, 0.717) is 0 Å². The summed E-state index contributed by atoms with van der Waals surface area (Å²) in [5.41, 5.74) is 3.36. The van der Waals surface area contributed by atoms with E-state index in [9.17, 15) is 4.79 Å². The van der Waals surface area contributed by atoms with E-state index < -0.39 is 0 Å². The molecule has 0 aromatic heterocycles. The van der Waals surface area contributed by atoms with Gasteiger partial charge in [0.2, 0.25) is 0 Å². The highest BCUT2D eigenvalue weighted by molar-refractivity contribution is 9.10. The van der Waals surface area contributed by atoms with E-state index >= 15 is 0 Å². The molecule has 2 aliphatic rings. The molecule has 1 aromatic rings. The number of carbonyl (C=O) groups excluding carboxylic acids is 1. The van der Waals surface area contributed by atoms with Crippen LogP contribution in [-0.4, -0.2) is 38.6 Å². The average Bonchev–Trinajstić information content (AvgIpc) is 2.35. The molecule has 0 saturated carbocycles. The summed E-state index contributed by atoms with van der Waals surface area (Å²) in [6, 6.07) is 4.16. The predicted molar refractivity (Wildman–Crippen MR) is 76.3 cm³/mol.